The number of esters is 1. The van der Waals surface area contributed by atoms with Crippen molar-refractivity contribution >= 4 is 11.5 Å². The predicted molar refractivity (Wildman–Crippen MR) is 95.7 cm³/mol. The predicted octanol–water partition coefficient (Wildman–Crippen LogP) is 4.43. The highest BCUT2D eigenvalue weighted by atomic mass is 16.5. The van der Waals surface area contributed by atoms with Crippen molar-refractivity contribution in [2.24, 2.45) is 0 Å². The Kier molecular flexibility index (Phi) is 6.89. The maximum atomic E-state index is 12.0. The molecule has 0 saturated heterocycles. The number of ether oxygens (including phenoxy) is 4. The Bertz CT molecular complexity index is 736. The van der Waals surface area contributed by atoms with Crippen LogP contribution in [0.4, 0.5) is 0 Å². The zero-order valence-electron chi connectivity index (χ0n) is 14.7. The molecule has 25 heavy (non-hydrogen) atoms. The Hall–Kier alpha value is -2.95. The fraction of sp³-hybridized carbons (Fsp3) is 0.250. The van der Waals surface area contributed by atoms with E-state index in [0.717, 1.165) is 12.2 Å². The van der Waals surface area contributed by atoms with Gasteiger partial charge in [0.15, 0.2) is 0 Å². The molecule has 0 unspecified atom stereocenters. The first-order valence-electron chi connectivity index (χ1n) is 8.01. The third kappa shape index (κ3) is 5.01. The number of carbonyl (C=O) groups excluding carboxylic acids is 1. The Balaban J connectivity index is 2.32. The molecule has 0 heterocycles. The minimum Gasteiger partial charge on any atom is -0.503 e. The Morgan fingerprint density at radius 3 is 2.52 bits per heavy atom. The van der Waals surface area contributed by atoms with Crippen molar-refractivity contribution in [1.29, 1.82) is 0 Å². The van der Waals surface area contributed by atoms with Crippen molar-refractivity contribution in [3.63, 3.8) is 0 Å². The van der Waals surface area contributed by atoms with E-state index in [1.165, 1.54) is 20.5 Å². The normalized spacial score (nSPS) is 10.9. The Labute approximate surface area is 147 Å². The number of benzene rings is 2. The lowest BCUT2D eigenvalue weighted by atomic mass is 10.1. The molecule has 0 atom stereocenters. The van der Waals surface area contributed by atoms with Crippen molar-refractivity contribution in [2.75, 3.05) is 20.8 Å². The van der Waals surface area contributed by atoms with Crippen LogP contribution in [0.5, 0.6) is 17.2 Å². The quantitative estimate of drug-likeness (QED) is 0.404. The summed E-state index contributed by atoms with van der Waals surface area (Å²) in [5, 5.41) is 0. The highest BCUT2D eigenvalue weighted by molar-refractivity contribution is 6.17. The topological polar surface area (TPSA) is 54.0 Å². The van der Waals surface area contributed by atoms with Gasteiger partial charge in [-0.15, -0.1) is 0 Å². The molecule has 0 N–H and O–H groups in total. The molecule has 5 heteroatoms. The minimum atomic E-state index is -0.502. The van der Waals surface area contributed by atoms with E-state index in [1.54, 1.807) is 12.1 Å². The molecular formula is C20H22O5. The summed E-state index contributed by atoms with van der Waals surface area (Å²) < 4.78 is 21.4. The van der Waals surface area contributed by atoms with Crippen molar-refractivity contribution in [3.8, 4) is 17.2 Å². The summed E-state index contributed by atoms with van der Waals surface area (Å²) in [4.78, 5) is 12.0. The van der Waals surface area contributed by atoms with Gasteiger partial charge in [0, 0.05) is 11.6 Å². The van der Waals surface area contributed by atoms with E-state index in [4.69, 9.17) is 18.9 Å². The third-order valence-electron chi connectivity index (χ3n) is 3.32. The summed E-state index contributed by atoms with van der Waals surface area (Å²) in [6.07, 6.45) is 2.27. The molecule has 0 bridgehead atoms. The number of hydrogen-bond acceptors (Lipinski definition) is 5. The highest BCUT2D eigenvalue weighted by Crippen LogP contribution is 2.32. The maximum absolute atomic E-state index is 12.0. The van der Waals surface area contributed by atoms with Gasteiger partial charge < -0.3 is 18.9 Å². The molecule has 2 aromatic carbocycles. The zero-order chi connectivity index (χ0) is 18.1. The third-order valence-corrected chi connectivity index (χ3v) is 3.32. The van der Waals surface area contributed by atoms with Crippen LogP contribution in [0.25, 0.3) is 5.57 Å². The molecule has 0 aliphatic carbocycles. The molecule has 5 nitrogen and oxygen atoms in total. The molecule has 0 aromatic heterocycles. The van der Waals surface area contributed by atoms with E-state index < -0.39 is 5.97 Å². The summed E-state index contributed by atoms with van der Waals surface area (Å²) >= 11 is 0. The van der Waals surface area contributed by atoms with Crippen LogP contribution in [-0.2, 0) is 14.3 Å². The molecule has 132 valence electrons. The lowest BCUT2D eigenvalue weighted by Crippen LogP contribution is -2.05. The van der Waals surface area contributed by atoms with Gasteiger partial charge in [0.05, 0.1) is 27.1 Å². The average Bonchev–Trinajstić information content (AvgIpc) is 2.65. The number of carbonyl (C=O) groups is 1. The first-order valence-corrected chi connectivity index (χ1v) is 8.01. The summed E-state index contributed by atoms with van der Waals surface area (Å²) in [6.45, 7) is 2.69. The van der Waals surface area contributed by atoms with Gasteiger partial charge in [-0.05, 0) is 24.6 Å². The van der Waals surface area contributed by atoms with Gasteiger partial charge in [-0.3, -0.25) is 0 Å². The van der Waals surface area contributed by atoms with Crippen molar-refractivity contribution in [3.05, 3.63) is 60.4 Å². The van der Waals surface area contributed by atoms with E-state index in [2.05, 4.69) is 0 Å². The molecule has 0 aliphatic heterocycles. The maximum Gasteiger partial charge on any atom is 0.341 e. The van der Waals surface area contributed by atoms with Gasteiger partial charge in [-0.1, -0.05) is 31.2 Å². The standard InChI is InChI=1S/C20H22O5/c1-4-12-24-15-8-7-9-16(13-15)25-19-11-6-5-10-17(19)18(14-22-2)20(21)23-3/h5-11,13-14H,4,12H2,1-3H3/b18-14+. The second-order valence-electron chi connectivity index (χ2n) is 5.18. The number of hydrogen-bond donors (Lipinski definition) is 0. The van der Waals surface area contributed by atoms with E-state index in [-0.39, 0.29) is 5.57 Å². The van der Waals surface area contributed by atoms with Crippen molar-refractivity contribution < 1.29 is 23.7 Å². The lowest BCUT2D eigenvalue weighted by molar-refractivity contribution is -0.133. The summed E-state index contributed by atoms with van der Waals surface area (Å²) in [5.74, 6) is 1.36. The second-order valence-corrected chi connectivity index (χ2v) is 5.18. The molecule has 0 aliphatic rings. The molecule has 0 fully saturated rings. The van der Waals surface area contributed by atoms with Crippen LogP contribution in [0.15, 0.2) is 54.8 Å². The summed E-state index contributed by atoms with van der Waals surface area (Å²) in [7, 11) is 2.80. The average molecular weight is 342 g/mol. The molecule has 2 aromatic rings. The fourth-order valence-corrected chi connectivity index (χ4v) is 2.20. The smallest absolute Gasteiger partial charge is 0.341 e. The van der Waals surface area contributed by atoms with Gasteiger partial charge in [-0.2, -0.15) is 0 Å². The van der Waals surface area contributed by atoms with Crippen molar-refractivity contribution in [2.45, 2.75) is 13.3 Å². The Morgan fingerprint density at radius 1 is 1.04 bits per heavy atom. The van der Waals surface area contributed by atoms with Crippen LogP contribution in [0.3, 0.4) is 0 Å². The lowest BCUT2D eigenvalue weighted by Gasteiger charge is -2.13. The van der Waals surface area contributed by atoms with Crippen LogP contribution in [0.1, 0.15) is 18.9 Å². The molecule has 0 radical (unpaired) electrons. The monoisotopic (exact) mass is 342 g/mol. The largest absolute Gasteiger partial charge is 0.503 e. The van der Waals surface area contributed by atoms with E-state index in [1.807, 2.05) is 43.3 Å². The number of methoxy groups -OCH3 is 2. The number of para-hydroxylation sites is 1. The fourth-order valence-electron chi connectivity index (χ4n) is 2.20. The number of rotatable bonds is 8. The van der Waals surface area contributed by atoms with Gasteiger partial charge in [0.25, 0.3) is 0 Å². The zero-order valence-corrected chi connectivity index (χ0v) is 14.7. The SMILES string of the molecule is CCCOc1cccc(Oc2ccccc2/C(=C\OC)C(=O)OC)c1. The highest BCUT2D eigenvalue weighted by Gasteiger charge is 2.18. The van der Waals surface area contributed by atoms with E-state index in [0.29, 0.717) is 23.7 Å². The molecule has 0 saturated carbocycles. The van der Waals surface area contributed by atoms with Gasteiger partial charge in [0.2, 0.25) is 0 Å². The van der Waals surface area contributed by atoms with Crippen LogP contribution in [0.2, 0.25) is 0 Å². The molecule has 0 amide bonds. The van der Waals surface area contributed by atoms with Gasteiger partial charge in [-0.25, -0.2) is 4.79 Å². The van der Waals surface area contributed by atoms with E-state index >= 15 is 0 Å². The summed E-state index contributed by atoms with van der Waals surface area (Å²) in [5.41, 5.74) is 0.857. The first-order chi connectivity index (χ1) is 12.2. The van der Waals surface area contributed by atoms with Gasteiger partial charge in [0.1, 0.15) is 22.8 Å². The summed E-state index contributed by atoms with van der Waals surface area (Å²) in [6, 6.07) is 14.6. The second kappa shape index (κ2) is 9.37. The molecular weight excluding hydrogens is 320 g/mol. The molecule has 2 rings (SSSR count). The Morgan fingerprint density at radius 2 is 1.80 bits per heavy atom. The van der Waals surface area contributed by atoms with E-state index in [9.17, 15) is 4.79 Å². The first kappa shape index (κ1) is 18.4. The minimum absolute atomic E-state index is 0.277. The van der Waals surface area contributed by atoms with Gasteiger partial charge >= 0.3 is 5.97 Å². The van der Waals surface area contributed by atoms with Crippen LogP contribution in [-0.4, -0.2) is 26.8 Å². The molecule has 0 spiro atoms. The van der Waals surface area contributed by atoms with Crippen molar-refractivity contribution in [1.82, 2.24) is 0 Å². The van der Waals surface area contributed by atoms with Crippen LogP contribution >= 0.6 is 0 Å². The van der Waals surface area contributed by atoms with Crippen LogP contribution in [0, 0.1) is 0 Å². The van der Waals surface area contributed by atoms with Crippen LogP contribution < -0.4 is 9.47 Å².